The summed E-state index contributed by atoms with van der Waals surface area (Å²) in [6, 6.07) is 6.92. The Labute approximate surface area is 217 Å². The molecule has 190 valence electrons. The summed E-state index contributed by atoms with van der Waals surface area (Å²) in [7, 11) is 0. The van der Waals surface area contributed by atoms with Gasteiger partial charge in [-0.15, -0.1) is 0 Å². The van der Waals surface area contributed by atoms with Crippen LogP contribution in [0.15, 0.2) is 35.9 Å². The number of carbonyl (C=O) groups excluding carboxylic acids is 2. The molecule has 0 radical (unpaired) electrons. The van der Waals surface area contributed by atoms with E-state index in [2.05, 4.69) is 34.8 Å². The van der Waals surface area contributed by atoms with E-state index in [0.29, 0.717) is 24.3 Å². The minimum absolute atomic E-state index is 0.0133. The van der Waals surface area contributed by atoms with Gasteiger partial charge in [-0.1, -0.05) is 52.2 Å². The van der Waals surface area contributed by atoms with Gasteiger partial charge in [-0.2, -0.15) is 0 Å². The Kier molecular flexibility index (Phi) is 12.3. The van der Waals surface area contributed by atoms with E-state index in [1.54, 1.807) is 11.0 Å². The number of unbranched alkanes of at least 4 members (excludes halogenated alkanes) is 3. The van der Waals surface area contributed by atoms with Crippen molar-refractivity contribution < 1.29 is 24.5 Å². The SMILES string of the molecule is CCCCCCN(C(=O)CC(C)C)[C@@H]1CC(C(=O)NCCO)=C[C@H](Oc2ccccc2I)[C@H]1O. The van der Waals surface area contributed by atoms with Crippen LogP contribution in [0.1, 0.15) is 59.3 Å². The first-order chi connectivity index (χ1) is 16.3. The maximum atomic E-state index is 13.2. The topological polar surface area (TPSA) is 99.1 Å². The van der Waals surface area contributed by atoms with Gasteiger partial charge in [0.25, 0.3) is 0 Å². The number of hydrogen-bond acceptors (Lipinski definition) is 5. The van der Waals surface area contributed by atoms with Crippen molar-refractivity contribution in [2.24, 2.45) is 5.92 Å². The summed E-state index contributed by atoms with van der Waals surface area (Å²) in [5, 5.41) is 23.2. The lowest BCUT2D eigenvalue weighted by molar-refractivity contribution is -0.139. The monoisotopic (exact) mass is 586 g/mol. The van der Waals surface area contributed by atoms with Gasteiger partial charge >= 0.3 is 0 Å². The summed E-state index contributed by atoms with van der Waals surface area (Å²) in [6.07, 6.45) is 4.55. The summed E-state index contributed by atoms with van der Waals surface area (Å²) < 4.78 is 7.06. The predicted molar refractivity (Wildman–Crippen MR) is 141 cm³/mol. The van der Waals surface area contributed by atoms with Crippen molar-refractivity contribution in [2.75, 3.05) is 19.7 Å². The fraction of sp³-hybridized carbons (Fsp3) is 0.615. The molecule has 3 atom stereocenters. The average molecular weight is 587 g/mol. The number of nitrogens with one attached hydrogen (secondary N) is 1. The minimum atomic E-state index is -0.979. The Bertz CT molecular complexity index is 829. The van der Waals surface area contributed by atoms with Crippen molar-refractivity contribution in [1.29, 1.82) is 0 Å². The molecular formula is C26H39IN2O5. The third-order valence-corrected chi connectivity index (χ3v) is 6.76. The molecule has 0 heterocycles. The lowest BCUT2D eigenvalue weighted by Crippen LogP contribution is -2.55. The third-order valence-electron chi connectivity index (χ3n) is 5.87. The number of hydrogen-bond donors (Lipinski definition) is 3. The van der Waals surface area contributed by atoms with Crippen LogP contribution in [0.5, 0.6) is 5.75 Å². The van der Waals surface area contributed by atoms with Gasteiger partial charge in [0.2, 0.25) is 11.8 Å². The summed E-state index contributed by atoms with van der Waals surface area (Å²) >= 11 is 2.17. The minimum Gasteiger partial charge on any atom is -0.482 e. The molecule has 1 aromatic rings. The lowest BCUT2D eigenvalue weighted by atomic mass is 9.87. The molecule has 0 bridgehead atoms. The van der Waals surface area contributed by atoms with Gasteiger partial charge in [-0.3, -0.25) is 9.59 Å². The third kappa shape index (κ3) is 8.53. The first kappa shape index (κ1) is 28.6. The highest BCUT2D eigenvalue weighted by Gasteiger charge is 2.40. The maximum absolute atomic E-state index is 13.2. The Morgan fingerprint density at radius 1 is 1.24 bits per heavy atom. The van der Waals surface area contributed by atoms with Crippen LogP contribution in [0.3, 0.4) is 0 Å². The van der Waals surface area contributed by atoms with Crippen LogP contribution in [0, 0.1) is 9.49 Å². The standard InChI is InChI=1S/C26H39IN2O5/c1-4-5-6-9-13-29(24(31)15-18(2)3)21-16-19(26(33)28-12-14-30)17-23(25(21)32)34-22-11-8-7-10-20(22)27/h7-8,10-11,17-18,21,23,25,30,32H,4-6,9,12-16H2,1-3H3,(H,28,33)/t21-,23+,25+/m1/s1. The second-order valence-corrected chi connectivity index (χ2v) is 10.4. The smallest absolute Gasteiger partial charge is 0.247 e. The van der Waals surface area contributed by atoms with Gasteiger partial charge in [0.15, 0.2) is 0 Å². The van der Waals surface area contributed by atoms with Gasteiger partial charge < -0.3 is 25.2 Å². The molecule has 0 saturated carbocycles. The summed E-state index contributed by atoms with van der Waals surface area (Å²) in [5.74, 6) is 0.472. The highest BCUT2D eigenvalue weighted by atomic mass is 127. The molecule has 7 nitrogen and oxygen atoms in total. The number of benzene rings is 1. The van der Waals surface area contributed by atoms with Crippen molar-refractivity contribution in [3.8, 4) is 5.75 Å². The molecular weight excluding hydrogens is 547 g/mol. The molecule has 1 aliphatic rings. The zero-order valence-corrected chi connectivity index (χ0v) is 22.7. The quantitative estimate of drug-likeness (QED) is 0.242. The van der Waals surface area contributed by atoms with Crippen molar-refractivity contribution in [3.63, 3.8) is 0 Å². The number of ether oxygens (including phenoxy) is 1. The number of nitrogens with zero attached hydrogens (tertiary/aromatic N) is 1. The molecule has 0 saturated heterocycles. The highest BCUT2D eigenvalue weighted by molar-refractivity contribution is 14.1. The van der Waals surface area contributed by atoms with Crippen molar-refractivity contribution >= 4 is 34.4 Å². The lowest BCUT2D eigenvalue weighted by Gasteiger charge is -2.41. The Morgan fingerprint density at radius 2 is 1.97 bits per heavy atom. The van der Waals surface area contributed by atoms with Gasteiger partial charge in [0, 0.05) is 31.5 Å². The predicted octanol–water partition coefficient (Wildman–Crippen LogP) is 3.66. The zero-order chi connectivity index (χ0) is 25.1. The Hall–Kier alpha value is -1.65. The van der Waals surface area contributed by atoms with E-state index < -0.39 is 18.2 Å². The van der Waals surface area contributed by atoms with Crippen LogP contribution < -0.4 is 10.1 Å². The second kappa shape index (κ2) is 14.7. The van der Waals surface area contributed by atoms with Crippen LogP contribution in [0.25, 0.3) is 0 Å². The van der Waals surface area contributed by atoms with E-state index in [-0.39, 0.29) is 37.3 Å². The van der Waals surface area contributed by atoms with Gasteiger partial charge in [0.05, 0.1) is 16.2 Å². The summed E-state index contributed by atoms with van der Waals surface area (Å²) in [6.45, 7) is 6.65. The van der Waals surface area contributed by atoms with E-state index >= 15 is 0 Å². The number of aliphatic hydroxyl groups excluding tert-OH is 2. The molecule has 0 spiro atoms. The number of rotatable bonds is 13. The molecule has 1 aliphatic carbocycles. The van der Waals surface area contributed by atoms with Crippen LogP contribution in [-0.2, 0) is 9.59 Å². The molecule has 8 heteroatoms. The molecule has 3 N–H and O–H groups in total. The van der Waals surface area contributed by atoms with Crippen LogP contribution in [-0.4, -0.2) is 64.9 Å². The average Bonchev–Trinajstić information content (AvgIpc) is 2.80. The fourth-order valence-corrected chi connectivity index (χ4v) is 4.63. The van der Waals surface area contributed by atoms with Crippen molar-refractivity contribution in [2.45, 2.75) is 77.5 Å². The summed E-state index contributed by atoms with van der Waals surface area (Å²) in [4.78, 5) is 27.8. The number of amides is 2. The molecule has 2 rings (SSSR count). The molecule has 1 aromatic carbocycles. The van der Waals surface area contributed by atoms with E-state index in [4.69, 9.17) is 9.84 Å². The fourth-order valence-electron chi connectivity index (χ4n) is 4.12. The molecule has 2 amide bonds. The summed E-state index contributed by atoms with van der Waals surface area (Å²) in [5.41, 5.74) is 0.454. The largest absolute Gasteiger partial charge is 0.482 e. The number of carbonyl (C=O) groups is 2. The highest BCUT2D eigenvalue weighted by Crippen LogP contribution is 2.30. The van der Waals surface area contributed by atoms with Crippen molar-refractivity contribution in [1.82, 2.24) is 10.2 Å². The number of para-hydroxylation sites is 1. The Balaban J connectivity index is 2.35. The van der Waals surface area contributed by atoms with Crippen LogP contribution >= 0.6 is 22.6 Å². The number of aliphatic hydroxyl groups is 2. The molecule has 0 unspecified atom stereocenters. The first-order valence-corrected chi connectivity index (χ1v) is 13.3. The van der Waals surface area contributed by atoms with E-state index in [1.807, 2.05) is 38.1 Å². The van der Waals surface area contributed by atoms with E-state index in [9.17, 15) is 14.7 Å². The van der Waals surface area contributed by atoms with Gasteiger partial charge in [-0.05, 0) is 53.1 Å². The van der Waals surface area contributed by atoms with E-state index in [0.717, 1.165) is 29.3 Å². The normalized spacial score (nSPS) is 20.1. The van der Waals surface area contributed by atoms with Gasteiger partial charge in [-0.25, -0.2) is 0 Å². The van der Waals surface area contributed by atoms with Crippen LogP contribution in [0.4, 0.5) is 0 Å². The van der Waals surface area contributed by atoms with E-state index in [1.165, 1.54) is 0 Å². The zero-order valence-electron chi connectivity index (χ0n) is 20.5. The second-order valence-electron chi connectivity index (χ2n) is 9.19. The molecule has 0 fully saturated rings. The van der Waals surface area contributed by atoms with Crippen LogP contribution in [0.2, 0.25) is 0 Å². The first-order valence-electron chi connectivity index (χ1n) is 12.3. The number of halogens is 1. The van der Waals surface area contributed by atoms with Crippen molar-refractivity contribution in [3.05, 3.63) is 39.5 Å². The van der Waals surface area contributed by atoms with Gasteiger partial charge in [0.1, 0.15) is 18.0 Å². The molecule has 0 aromatic heterocycles. The maximum Gasteiger partial charge on any atom is 0.247 e. The molecule has 0 aliphatic heterocycles. The molecule has 34 heavy (non-hydrogen) atoms. The Morgan fingerprint density at radius 3 is 2.62 bits per heavy atom.